The second-order valence-electron chi connectivity index (χ2n) is 7.79. The first-order chi connectivity index (χ1) is 15.5. The number of thiazole rings is 1. The van der Waals surface area contributed by atoms with Crippen molar-refractivity contribution in [2.75, 3.05) is 0 Å². The first kappa shape index (κ1) is 22.6. The average Bonchev–Trinajstić information content (AvgIpc) is 3.42. The van der Waals surface area contributed by atoms with E-state index in [2.05, 4.69) is 78.2 Å². The van der Waals surface area contributed by atoms with Crippen LogP contribution in [0.2, 0.25) is 0 Å². The van der Waals surface area contributed by atoms with Gasteiger partial charge in [-0.3, -0.25) is 0 Å². The molecule has 0 amide bonds. The largest absolute Gasteiger partial charge is 0.482 e. The van der Waals surface area contributed by atoms with E-state index in [9.17, 15) is 0 Å². The van der Waals surface area contributed by atoms with Crippen molar-refractivity contribution in [2.24, 2.45) is 0 Å². The second-order valence-corrected chi connectivity index (χ2v) is 9.59. The van der Waals surface area contributed by atoms with Gasteiger partial charge in [0.05, 0.1) is 5.69 Å². The molecule has 2 aromatic heterocycles. The fourth-order valence-corrected chi connectivity index (χ4v) is 5.47. The van der Waals surface area contributed by atoms with Gasteiger partial charge in [-0.15, -0.1) is 21.5 Å². The van der Waals surface area contributed by atoms with Crippen molar-refractivity contribution in [3.8, 4) is 16.3 Å². The van der Waals surface area contributed by atoms with Crippen LogP contribution < -0.4 is 4.74 Å². The lowest BCUT2D eigenvalue weighted by Crippen LogP contribution is -2.12. The quantitative estimate of drug-likeness (QED) is 0.269. The smallest absolute Gasteiger partial charge is 0.191 e. The van der Waals surface area contributed by atoms with Crippen LogP contribution in [0.25, 0.3) is 10.6 Å². The summed E-state index contributed by atoms with van der Waals surface area (Å²) in [6.07, 6.45) is -0.191. The minimum Gasteiger partial charge on any atom is -0.482 e. The zero-order valence-corrected chi connectivity index (χ0v) is 20.8. The Bertz CT molecular complexity index is 1210. The van der Waals surface area contributed by atoms with Gasteiger partial charge in [0.1, 0.15) is 10.8 Å². The Morgan fingerprint density at radius 1 is 1.03 bits per heavy atom. The van der Waals surface area contributed by atoms with Crippen molar-refractivity contribution in [3.63, 3.8) is 0 Å². The number of hydrogen-bond acceptors (Lipinski definition) is 6. The van der Waals surface area contributed by atoms with Crippen molar-refractivity contribution in [3.05, 3.63) is 76.1 Å². The lowest BCUT2D eigenvalue weighted by atomic mass is 10.1. The summed E-state index contributed by atoms with van der Waals surface area (Å²) in [5.74, 6) is 2.49. The summed E-state index contributed by atoms with van der Waals surface area (Å²) >= 11 is 3.35. The van der Waals surface area contributed by atoms with E-state index in [-0.39, 0.29) is 6.10 Å². The van der Waals surface area contributed by atoms with Crippen LogP contribution in [0.5, 0.6) is 5.75 Å². The number of benzene rings is 2. The molecule has 7 heteroatoms. The molecule has 166 valence electrons. The number of ether oxygens (including phenoxy) is 1. The first-order valence-electron chi connectivity index (χ1n) is 10.8. The molecule has 0 spiro atoms. The van der Waals surface area contributed by atoms with Crippen LogP contribution >= 0.6 is 23.1 Å². The van der Waals surface area contributed by atoms with Crippen molar-refractivity contribution in [2.45, 2.75) is 58.2 Å². The predicted octanol–water partition coefficient (Wildman–Crippen LogP) is 6.78. The molecule has 0 aliphatic rings. The van der Waals surface area contributed by atoms with Gasteiger partial charge >= 0.3 is 0 Å². The summed E-state index contributed by atoms with van der Waals surface area (Å²) in [6, 6.07) is 14.5. The van der Waals surface area contributed by atoms with E-state index >= 15 is 0 Å². The fraction of sp³-hybridized carbons (Fsp3) is 0.320. The molecule has 0 radical (unpaired) electrons. The molecule has 5 nitrogen and oxygen atoms in total. The topological polar surface area (TPSA) is 52.8 Å². The lowest BCUT2D eigenvalue weighted by molar-refractivity contribution is 0.208. The van der Waals surface area contributed by atoms with Crippen molar-refractivity contribution < 1.29 is 4.74 Å². The molecule has 1 unspecified atom stereocenters. The van der Waals surface area contributed by atoms with Crippen LogP contribution in [0.1, 0.15) is 48.2 Å². The summed E-state index contributed by atoms with van der Waals surface area (Å²) in [4.78, 5) is 4.84. The lowest BCUT2D eigenvalue weighted by Gasteiger charge is -2.17. The monoisotopic (exact) mass is 464 g/mol. The SMILES string of the molecule is CCn1c(SCc2csc(-c3ccccc3C)n2)nnc1C(C)Oc1cccc(C)c1C. The molecular weight excluding hydrogens is 436 g/mol. The van der Waals surface area contributed by atoms with E-state index in [0.29, 0.717) is 0 Å². The number of aromatic nitrogens is 4. The molecule has 0 aliphatic heterocycles. The Hall–Kier alpha value is -2.64. The average molecular weight is 465 g/mol. The number of hydrogen-bond donors (Lipinski definition) is 0. The number of aryl methyl sites for hydroxylation is 2. The molecular formula is C25H28N4OS2. The number of rotatable bonds is 8. The van der Waals surface area contributed by atoms with E-state index in [1.54, 1.807) is 23.1 Å². The van der Waals surface area contributed by atoms with E-state index in [1.807, 2.05) is 19.1 Å². The highest BCUT2D eigenvalue weighted by Crippen LogP contribution is 2.31. The normalized spacial score (nSPS) is 12.2. The summed E-state index contributed by atoms with van der Waals surface area (Å²) in [5, 5.41) is 13.0. The maximum Gasteiger partial charge on any atom is 0.191 e. The highest BCUT2D eigenvalue weighted by molar-refractivity contribution is 7.98. The molecule has 0 fully saturated rings. The van der Waals surface area contributed by atoms with E-state index in [4.69, 9.17) is 9.72 Å². The summed E-state index contributed by atoms with van der Waals surface area (Å²) in [5.41, 5.74) is 5.88. The molecule has 0 bridgehead atoms. The Labute approximate surface area is 197 Å². The Balaban J connectivity index is 1.47. The molecule has 2 aromatic carbocycles. The first-order valence-corrected chi connectivity index (χ1v) is 12.6. The van der Waals surface area contributed by atoms with E-state index in [1.165, 1.54) is 16.7 Å². The summed E-state index contributed by atoms with van der Waals surface area (Å²) in [7, 11) is 0. The molecule has 2 heterocycles. The van der Waals surface area contributed by atoms with E-state index < -0.39 is 0 Å². The Morgan fingerprint density at radius 3 is 2.59 bits per heavy atom. The van der Waals surface area contributed by atoms with Crippen LogP contribution in [0.3, 0.4) is 0 Å². The molecule has 1 atom stereocenters. The van der Waals surface area contributed by atoms with Crippen molar-refractivity contribution in [1.29, 1.82) is 0 Å². The van der Waals surface area contributed by atoms with Crippen LogP contribution in [-0.4, -0.2) is 19.7 Å². The third-order valence-electron chi connectivity index (χ3n) is 5.56. The third kappa shape index (κ3) is 4.74. The number of thioether (sulfide) groups is 1. The number of nitrogens with zero attached hydrogens (tertiary/aromatic N) is 4. The van der Waals surface area contributed by atoms with Gasteiger partial charge in [0.25, 0.3) is 0 Å². The maximum absolute atomic E-state index is 6.25. The molecule has 4 rings (SSSR count). The van der Waals surface area contributed by atoms with Gasteiger partial charge in [-0.1, -0.05) is 48.2 Å². The highest BCUT2D eigenvalue weighted by atomic mass is 32.2. The standard InChI is InChI=1S/C25H28N4OS2/c1-6-29-23(19(5)30-22-13-9-11-16(2)18(22)4)27-28-25(29)32-15-20-14-31-24(26-20)21-12-8-7-10-17(21)3/h7-14,19H,6,15H2,1-5H3. The molecule has 0 aliphatic carbocycles. The minimum absolute atomic E-state index is 0.191. The molecule has 0 saturated carbocycles. The van der Waals surface area contributed by atoms with Gasteiger partial charge in [-0.05, 0) is 57.4 Å². The fourth-order valence-electron chi connectivity index (χ4n) is 3.55. The highest BCUT2D eigenvalue weighted by Gasteiger charge is 2.20. The van der Waals surface area contributed by atoms with Crippen LogP contribution in [0.15, 0.2) is 53.0 Å². The minimum atomic E-state index is -0.191. The molecule has 4 aromatic rings. The molecule has 32 heavy (non-hydrogen) atoms. The van der Waals surface area contributed by atoms with Gasteiger partial charge < -0.3 is 9.30 Å². The Morgan fingerprint density at radius 2 is 1.81 bits per heavy atom. The van der Waals surface area contributed by atoms with Crippen molar-refractivity contribution in [1.82, 2.24) is 19.7 Å². The predicted molar refractivity (Wildman–Crippen MR) is 133 cm³/mol. The van der Waals surface area contributed by atoms with Crippen LogP contribution in [0, 0.1) is 20.8 Å². The zero-order chi connectivity index (χ0) is 22.7. The molecule has 0 N–H and O–H groups in total. The van der Waals surface area contributed by atoms with Gasteiger partial charge in [0, 0.05) is 23.2 Å². The van der Waals surface area contributed by atoms with Gasteiger partial charge in [-0.25, -0.2) is 4.98 Å². The van der Waals surface area contributed by atoms with Gasteiger partial charge in [0.2, 0.25) is 0 Å². The summed E-state index contributed by atoms with van der Waals surface area (Å²) in [6.45, 7) is 11.2. The van der Waals surface area contributed by atoms with Gasteiger partial charge in [0.15, 0.2) is 17.1 Å². The third-order valence-corrected chi connectivity index (χ3v) is 7.49. The van der Waals surface area contributed by atoms with Gasteiger partial charge in [-0.2, -0.15) is 0 Å². The van der Waals surface area contributed by atoms with Crippen LogP contribution in [-0.2, 0) is 12.3 Å². The zero-order valence-electron chi connectivity index (χ0n) is 19.1. The van der Waals surface area contributed by atoms with E-state index in [0.717, 1.165) is 45.3 Å². The second kappa shape index (κ2) is 9.88. The Kier molecular flexibility index (Phi) is 6.96. The molecule has 0 saturated heterocycles. The van der Waals surface area contributed by atoms with Crippen molar-refractivity contribution >= 4 is 23.1 Å². The summed E-state index contributed by atoms with van der Waals surface area (Å²) < 4.78 is 8.38. The van der Waals surface area contributed by atoms with Crippen LogP contribution in [0.4, 0.5) is 0 Å². The maximum atomic E-state index is 6.25.